The fourth-order valence-corrected chi connectivity index (χ4v) is 13.7. The van der Waals surface area contributed by atoms with Gasteiger partial charge in [-0.15, -0.1) is 11.3 Å². The van der Waals surface area contributed by atoms with Crippen LogP contribution < -0.4 is 26.2 Å². The van der Waals surface area contributed by atoms with Crippen molar-refractivity contribution in [3.8, 4) is 22.3 Å². The third-order valence-corrected chi connectivity index (χ3v) is 16.7. The summed E-state index contributed by atoms with van der Waals surface area (Å²) in [4.78, 5) is 5.38. The normalized spacial score (nSPS) is 14.9. The predicted molar refractivity (Wildman–Crippen MR) is 285 cm³/mol. The summed E-state index contributed by atoms with van der Waals surface area (Å²) in [5.41, 5.74) is 24.3. The molecule has 9 aromatic carbocycles. The Morgan fingerprint density at radius 1 is 0.403 bits per heavy atom. The highest BCUT2D eigenvalue weighted by Crippen LogP contribution is 2.54. The molecule has 0 spiro atoms. The second-order valence-corrected chi connectivity index (χ2v) is 20.3. The minimum Gasteiger partial charge on any atom is -0.456 e. The van der Waals surface area contributed by atoms with Crippen LogP contribution in [0, 0.1) is 0 Å². The fourth-order valence-electron chi connectivity index (χ4n) is 12.6. The number of furan rings is 1. The van der Waals surface area contributed by atoms with Crippen molar-refractivity contribution in [2.45, 2.75) is 51.4 Å². The van der Waals surface area contributed by atoms with Gasteiger partial charge in [0.05, 0.1) is 28.1 Å². The smallest absolute Gasteiger partial charge is 0.252 e. The lowest BCUT2D eigenvalue weighted by Gasteiger charge is -2.45. The van der Waals surface area contributed by atoms with Gasteiger partial charge in [0.25, 0.3) is 6.71 Å². The maximum Gasteiger partial charge on any atom is 0.252 e. The van der Waals surface area contributed by atoms with Crippen LogP contribution in [0.25, 0.3) is 64.4 Å². The van der Waals surface area contributed by atoms with Crippen molar-refractivity contribution < 1.29 is 4.42 Å². The van der Waals surface area contributed by atoms with Gasteiger partial charge in [0.1, 0.15) is 11.2 Å². The lowest BCUT2D eigenvalue weighted by molar-refractivity contribution is 0.669. The van der Waals surface area contributed by atoms with Crippen molar-refractivity contribution in [2.24, 2.45) is 0 Å². The Hall–Kier alpha value is -7.34. The Bertz CT molecular complexity index is 3600. The Morgan fingerprint density at radius 2 is 0.925 bits per heavy atom. The average Bonchev–Trinajstić information content (AvgIpc) is 3.97. The average molecular weight is 877 g/mol. The number of hydrogen-bond acceptors (Lipinski definition) is 4. The van der Waals surface area contributed by atoms with E-state index in [1.54, 1.807) is 0 Å². The number of thiophene rings is 1. The van der Waals surface area contributed by atoms with E-state index in [1.165, 1.54) is 146 Å². The molecule has 5 heteroatoms. The van der Waals surface area contributed by atoms with Gasteiger partial charge >= 0.3 is 0 Å². The van der Waals surface area contributed by atoms with Crippen LogP contribution in [0.1, 0.15) is 47.9 Å². The first kappa shape index (κ1) is 37.8. The molecule has 11 aromatic rings. The Labute approximate surface area is 394 Å². The van der Waals surface area contributed by atoms with Crippen LogP contribution in [0.4, 0.5) is 34.1 Å². The van der Waals surface area contributed by atoms with Gasteiger partial charge in [0.15, 0.2) is 0 Å². The van der Waals surface area contributed by atoms with Crippen LogP contribution in [-0.4, -0.2) is 6.71 Å². The topological polar surface area (TPSA) is 19.6 Å². The van der Waals surface area contributed by atoms with Gasteiger partial charge in [-0.05, 0) is 162 Å². The summed E-state index contributed by atoms with van der Waals surface area (Å²) in [6, 6.07) is 67.0. The minimum absolute atomic E-state index is 0.0413. The van der Waals surface area contributed by atoms with E-state index in [2.05, 4.69) is 186 Å². The van der Waals surface area contributed by atoms with Gasteiger partial charge in [0, 0.05) is 48.1 Å². The van der Waals surface area contributed by atoms with Gasteiger partial charge in [0.2, 0.25) is 0 Å². The van der Waals surface area contributed by atoms with E-state index in [0.717, 1.165) is 42.2 Å². The zero-order chi connectivity index (χ0) is 43.7. The van der Waals surface area contributed by atoms with Gasteiger partial charge in [-0.2, -0.15) is 0 Å². The van der Waals surface area contributed by atoms with Crippen molar-refractivity contribution >= 4 is 111 Å². The number of fused-ring (bicyclic) bond motifs is 14. The molecular formula is C62H45BN2OS. The van der Waals surface area contributed by atoms with Crippen molar-refractivity contribution in [2.75, 3.05) is 9.80 Å². The molecule has 0 saturated heterocycles. The predicted octanol–water partition coefficient (Wildman–Crippen LogP) is 15.1. The summed E-state index contributed by atoms with van der Waals surface area (Å²) in [7, 11) is 0. The van der Waals surface area contributed by atoms with E-state index >= 15 is 0 Å². The first-order valence-electron chi connectivity index (χ1n) is 24.3. The number of benzene rings is 9. The quantitative estimate of drug-likeness (QED) is 0.164. The van der Waals surface area contributed by atoms with Crippen molar-refractivity contribution in [3.63, 3.8) is 0 Å². The fraction of sp³-hybridized carbons (Fsp3) is 0.129. The highest BCUT2D eigenvalue weighted by molar-refractivity contribution is 7.26. The lowest BCUT2D eigenvalue weighted by atomic mass is 9.33. The lowest BCUT2D eigenvalue weighted by Crippen LogP contribution is -2.61. The van der Waals surface area contributed by atoms with Crippen molar-refractivity contribution in [1.82, 2.24) is 0 Å². The number of rotatable bonds is 4. The SMILES string of the molecule is c1ccc(-c2cc3c(cc2N2c4cccc5c4B(c4ccc6oc7ccccc7c6c42)c2ccc4sc6ccccc6c4c2N5c2cc4c(cc2-c2ccccc2)CCCC4)CCCC3)cc1. The van der Waals surface area contributed by atoms with Crippen LogP contribution in [0.3, 0.4) is 0 Å². The van der Waals surface area contributed by atoms with Crippen LogP contribution >= 0.6 is 11.3 Å². The highest BCUT2D eigenvalue weighted by Gasteiger charge is 2.46. The molecule has 2 aliphatic heterocycles. The molecule has 67 heavy (non-hydrogen) atoms. The molecule has 0 bridgehead atoms. The van der Waals surface area contributed by atoms with Gasteiger partial charge in [-0.3, -0.25) is 0 Å². The molecule has 0 amide bonds. The number of para-hydroxylation sites is 1. The molecule has 0 unspecified atom stereocenters. The number of nitrogens with zero attached hydrogens (tertiary/aromatic N) is 2. The Morgan fingerprint density at radius 3 is 1.55 bits per heavy atom. The first-order chi connectivity index (χ1) is 33.2. The van der Waals surface area contributed by atoms with Crippen LogP contribution in [-0.2, 0) is 25.7 Å². The maximum absolute atomic E-state index is 6.81. The molecule has 0 fully saturated rings. The van der Waals surface area contributed by atoms with E-state index in [4.69, 9.17) is 4.42 Å². The molecule has 15 rings (SSSR count). The van der Waals surface area contributed by atoms with Gasteiger partial charge in [-0.1, -0.05) is 115 Å². The molecule has 3 nitrogen and oxygen atoms in total. The van der Waals surface area contributed by atoms with Crippen molar-refractivity contribution in [3.05, 3.63) is 198 Å². The molecular weight excluding hydrogens is 832 g/mol. The summed E-state index contributed by atoms with van der Waals surface area (Å²) >= 11 is 1.91. The van der Waals surface area contributed by atoms with E-state index in [9.17, 15) is 0 Å². The number of aryl methyl sites for hydroxylation is 4. The molecule has 0 N–H and O–H groups in total. The Kier molecular flexibility index (Phi) is 8.24. The zero-order valence-corrected chi connectivity index (χ0v) is 38.0. The van der Waals surface area contributed by atoms with Crippen LogP contribution in [0.15, 0.2) is 180 Å². The van der Waals surface area contributed by atoms with Crippen LogP contribution in [0.5, 0.6) is 0 Å². The summed E-state index contributed by atoms with van der Waals surface area (Å²) in [6.45, 7) is -0.0413. The summed E-state index contributed by atoms with van der Waals surface area (Å²) < 4.78 is 9.45. The second-order valence-electron chi connectivity index (χ2n) is 19.2. The van der Waals surface area contributed by atoms with E-state index in [1.807, 2.05) is 11.3 Å². The van der Waals surface area contributed by atoms with E-state index in [0.29, 0.717) is 0 Å². The molecule has 0 radical (unpaired) electrons. The van der Waals surface area contributed by atoms with E-state index in [-0.39, 0.29) is 6.71 Å². The summed E-state index contributed by atoms with van der Waals surface area (Å²) in [5.74, 6) is 0. The molecule has 318 valence electrons. The molecule has 2 aliphatic carbocycles. The standard InChI is InChI=1S/C62H45BN2OS/c1-3-16-38(17-4-1)46-34-40-20-7-9-22-42(40)36-52(46)64-50-26-15-27-51-60(50)63(48-30-32-55-58(61(48)64)44-24-11-13-28-54(44)66-55)49-31-33-57-59(45-25-12-14-29-56(45)67-57)62(49)65(51)53-37-43-23-10-8-21-41(43)35-47(53)39-18-5-2-6-19-39/h1-6,11-19,24-37H,7-10,20-23H2. The first-order valence-corrected chi connectivity index (χ1v) is 25.1. The maximum atomic E-state index is 6.81. The number of anilines is 6. The van der Waals surface area contributed by atoms with Gasteiger partial charge in [-0.25, -0.2) is 0 Å². The molecule has 4 aliphatic rings. The monoisotopic (exact) mass is 876 g/mol. The molecule has 0 saturated carbocycles. The van der Waals surface area contributed by atoms with Crippen molar-refractivity contribution in [1.29, 1.82) is 0 Å². The molecule has 4 heterocycles. The van der Waals surface area contributed by atoms with E-state index < -0.39 is 0 Å². The summed E-state index contributed by atoms with van der Waals surface area (Å²) in [6.07, 6.45) is 9.37. The van der Waals surface area contributed by atoms with Gasteiger partial charge < -0.3 is 14.2 Å². The zero-order valence-electron chi connectivity index (χ0n) is 37.2. The summed E-state index contributed by atoms with van der Waals surface area (Å²) in [5, 5.41) is 4.98. The highest BCUT2D eigenvalue weighted by atomic mass is 32.1. The third-order valence-electron chi connectivity index (χ3n) is 15.6. The largest absolute Gasteiger partial charge is 0.456 e. The molecule has 2 aromatic heterocycles. The Balaban J connectivity index is 1.11. The van der Waals surface area contributed by atoms with Crippen LogP contribution in [0.2, 0.25) is 0 Å². The molecule has 0 atom stereocenters. The number of hydrogen-bond donors (Lipinski definition) is 0. The second kappa shape index (κ2) is 14.6. The minimum atomic E-state index is -0.0413. The third kappa shape index (κ3) is 5.52.